The van der Waals surface area contributed by atoms with Crippen molar-refractivity contribution in [3.63, 3.8) is 0 Å². The number of fused-ring (bicyclic) bond motifs is 1. The topological polar surface area (TPSA) is 133 Å². The number of aromatic nitrogens is 4. The molecular weight excluding hydrogens is 454 g/mol. The first-order valence-corrected chi connectivity index (χ1v) is 11.2. The molecule has 3 aromatic heterocycles. The number of halogens is 2. The summed E-state index contributed by atoms with van der Waals surface area (Å²) in [5.74, 6) is -2.52. The summed E-state index contributed by atoms with van der Waals surface area (Å²) in [5, 5.41) is 0.371. The summed E-state index contributed by atoms with van der Waals surface area (Å²) in [7, 11) is -4.40. The molecule has 0 saturated heterocycles. The highest BCUT2D eigenvalue weighted by atomic mass is 32.2. The highest BCUT2D eigenvalue weighted by Gasteiger charge is 2.23. The van der Waals surface area contributed by atoms with Crippen LogP contribution in [0.2, 0.25) is 0 Å². The zero-order chi connectivity index (χ0) is 23.9. The number of nitrogen functional groups attached to an aromatic ring is 1. The van der Waals surface area contributed by atoms with E-state index in [0.29, 0.717) is 17.1 Å². The number of carbonyl (C=O) groups excluding carboxylic acids is 1. The molecule has 0 aliphatic rings. The smallest absolute Gasteiger partial charge is 0.264 e. The molecule has 0 radical (unpaired) electrons. The van der Waals surface area contributed by atoms with Gasteiger partial charge in [-0.25, -0.2) is 27.2 Å². The van der Waals surface area contributed by atoms with Gasteiger partial charge in [0, 0.05) is 30.1 Å². The molecule has 0 aliphatic carbocycles. The molecule has 33 heavy (non-hydrogen) atoms. The molecule has 0 aliphatic heterocycles. The van der Waals surface area contributed by atoms with Gasteiger partial charge in [-0.1, -0.05) is 0 Å². The lowest BCUT2D eigenvalue weighted by Gasteiger charge is -2.10. The maximum absolute atomic E-state index is 14.0. The SMILES string of the molecule is CC(C)n1cc(C(=O)c2cncc(NS(=O)(=O)c3ccc(F)cc3F)c2)c2c(N)ncnc21. The van der Waals surface area contributed by atoms with Gasteiger partial charge < -0.3 is 10.3 Å². The standard InChI is InChI=1S/C21H18F2N6O3S/c1-11(2)29-9-15(18-20(24)26-10-27-21(18)29)19(30)12-5-14(8-25-7-12)28-33(31,32)17-4-3-13(22)6-16(17)23/h3-11,28H,1-2H3,(H2,24,26,27). The Labute approximate surface area is 187 Å². The second-order valence-electron chi connectivity index (χ2n) is 7.47. The Kier molecular flexibility index (Phi) is 5.54. The Morgan fingerprint density at radius 1 is 1.15 bits per heavy atom. The maximum atomic E-state index is 14.0. The van der Waals surface area contributed by atoms with Crippen molar-refractivity contribution >= 4 is 38.3 Å². The second kappa shape index (κ2) is 8.20. The predicted octanol–water partition coefficient (Wildman–Crippen LogP) is 3.30. The summed E-state index contributed by atoms with van der Waals surface area (Å²) in [6.45, 7) is 3.83. The molecule has 0 saturated carbocycles. The van der Waals surface area contributed by atoms with Crippen molar-refractivity contribution in [3.05, 3.63) is 71.9 Å². The van der Waals surface area contributed by atoms with Crippen LogP contribution >= 0.6 is 0 Å². The largest absolute Gasteiger partial charge is 0.383 e. The average Bonchev–Trinajstić information content (AvgIpc) is 3.14. The van der Waals surface area contributed by atoms with Gasteiger partial charge in [-0.2, -0.15) is 0 Å². The third-order valence-electron chi connectivity index (χ3n) is 4.88. The number of pyridine rings is 1. The Morgan fingerprint density at radius 2 is 1.91 bits per heavy atom. The molecule has 4 aromatic rings. The number of rotatable bonds is 6. The van der Waals surface area contributed by atoms with Crippen LogP contribution in [0.25, 0.3) is 11.0 Å². The number of nitrogens with one attached hydrogen (secondary N) is 1. The summed E-state index contributed by atoms with van der Waals surface area (Å²) in [4.78, 5) is 24.6. The summed E-state index contributed by atoms with van der Waals surface area (Å²) < 4.78 is 56.2. The number of nitrogens with two attached hydrogens (primary N) is 1. The summed E-state index contributed by atoms with van der Waals surface area (Å²) in [6, 6.07) is 3.33. The molecule has 170 valence electrons. The molecule has 0 bridgehead atoms. The van der Waals surface area contributed by atoms with Crippen LogP contribution in [0.15, 0.2) is 54.1 Å². The molecule has 3 heterocycles. The van der Waals surface area contributed by atoms with Gasteiger partial charge in [0.05, 0.1) is 22.8 Å². The monoisotopic (exact) mass is 472 g/mol. The lowest BCUT2D eigenvalue weighted by Crippen LogP contribution is -2.15. The van der Waals surface area contributed by atoms with E-state index in [-0.39, 0.29) is 28.7 Å². The van der Waals surface area contributed by atoms with Crippen LogP contribution in [0, 0.1) is 11.6 Å². The van der Waals surface area contributed by atoms with Crippen molar-refractivity contribution in [1.82, 2.24) is 19.5 Å². The van der Waals surface area contributed by atoms with Crippen LogP contribution < -0.4 is 10.5 Å². The van der Waals surface area contributed by atoms with E-state index in [2.05, 4.69) is 19.7 Å². The van der Waals surface area contributed by atoms with Gasteiger partial charge in [-0.15, -0.1) is 0 Å². The number of ketones is 1. The normalized spacial score (nSPS) is 11.8. The molecule has 0 atom stereocenters. The number of benzene rings is 1. The number of carbonyl (C=O) groups is 1. The van der Waals surface area contributed by atoms with Gasteiger partial charge in [-0.05, 0) is 32.0 Å². The minimum atomic E-state index is -4.40. The lowest BCUT2D eigenvalue weighted by molar-refractivity contribution is 0.103. The quantitative estimate of drug-likeness (QED) is 0.411. The van der Waals surface area contributed by atoms with Crippen molar-refractivity contribution in [2.75, 3.05) is 10.5 Å². The molecule has 12 heteroatoms. The van der Waals surface area contributed by atoms with Gasteiger partial charge in [-0.3, -0.25) is 14.5 Å². The predicted molar refractivity (Wildman–Crippen MR) is 117 cm³/mol. The molecule has 4 rings (SSSR count). The number of hydrogen-bond donors (Lipinski definition) is 2. The summed E-state index contributed by atoms with van der Waals surface area (Å²) >= 11 is 0. The van der Waals surface area contributed by atoms with Crippen LogP contribution in [-0.2, 0) is 10.0 Å². The molecular formula is C21H18F2N6O3S. The highest BCUT2D eigenvalue weighted by molar-refractivity contribution is 7.92. The Hall–Kier alpha value is -3.93. The molecule has 3 N–H and O–H groups in total. The fourth-order valence-corrected chi connectivity index (χ4v) is 4.45. The Morgan fingerprint density at radius 3 is 2.61 bits per heavy atom. The van der Waals surface area contributed by atoms with Gasteiger partial charge >= 0.3 is 0 Å². The first-order chi connectivity index (χ1) is 15.6. The third-order valence-corrected chi connectivity index (χ3v) is 6.29. The number of hydrogen-bond acceptors (Lipinski definition) is 7. The molecule has 0 amide bonds. The fourth-order valence-electron chi connectivity index (χ4n) is 3.35. The zero-order valence-corrected chi connectivity index (χ0v) is 18.3. The van der Waals surface area contributed by atoms with E-state index in [1.807, 2.05) is 13.8 Å². The van der Waals surface area contributed by atoms with Crippen molar-refractivity contribution in [2.24, 2.45) is 0 Å². The van der Waals surface area contributed by atoms with E-state index in [0.717, 1.165) is 18.3 Å². The number of nitrogens with zero attached hydrogens (tertiary/aromatic N) is 4. The Bertz CT molecular complexity index is 1500. The number of anilines is 2. The van der Waals surface area contributed by atoms with E-state index < -0.39 is 32.3 Å². The molecule has 0 unspecified atom stereocenters. The van der Waals surface area contributed by atoms with Gasteiger partial charge in [0.15, 0.2) is 5.78 Å². The maximum Gasteiger partial charge on any atom is 0.264 e. The van der Waals surface area contributed by atoms with Crippen LogP contribution in [0.1, 0.15) is 35.8 Å². The van der Waals surface area contributed by atoms with E-state index in [1.54, 1.807) is 10.8 Å². The van der Waals surface area contributed by atoms with Crippen LogP contribution in [-0.4, -0.2) is 33.7 Å². The Balaban J connectivity index is 1.72. The van der Waals surface area contributed by atoms with E-state index in [9.17, 15) is 22.0 Å². The first kappa shape index (κ1) is 22.3. The minimum absolute atomic E-state index is 0.0229. The second-order valence-corrected chi connectivity index (χ2v) is 9.12. The van der Waals surface area contributed by atoms with Crippen LogP contribution in [0.5, 0.6) is 0 Å². The van der Waals surface area contributed by atoms with E-state index in [4.69, 9.17) is 5.73 Å². The third kappa shape index (κ3) is 4.12. The number of sulfonamides is 1. The van der Waals surface area contributed by atoms with E-state index in [1.165, 1.54) is 18.6 Å². The lowest BCUT2D eigenvalue weighted by atomic mass is 10.1. The summed E-state index contributed by atoms with van der Waals surface area (Å²) in [5.41, 5.74) is 6.69. The highest BCUT2D eigenvalue weighted by Crippen LogP contribution is 2.29. The van der Waals surface area contributed by atoms with Crippen LogP contribution in [0.4, 0.5) is 20.3 Å². The molecule has 1 aromatic carbocycles. The van der Waals surface area contributed by atoms with Gasteiger partial charge in [0.2, 0.25) is 0 Å². The van der Waals surface area contributed by atoms with Crippen LogP contribution in [0.3, 0.4) is 0 Å². The summed E-state index contributed by atoms with van der Waals surface area (Å²) in [6.07, 6.45) is 5.32. The molecule has 9 nitrogen and oxygen atoms in total. The van der Waals surface area contributed by atoms with Crippen molar-refractivity contribution < 1.29 is 22.0 Å². The first-order valence-electron chi connectivity index (χ1n) is 9.67. The van der Waals surface area contributed by atoms with E-state index >= 15 is 0 Å². The van der Waals surface area contributed by atoms with Gasteiger partial charge in [0.25, 0.3) is 10.0 Å². The van der Waals surface area contributed by atoms with Crippen molar-refractivity contribution in [2.45, 2.75) is 24.8 Å². The zero-order valence-electron chi connectivity index (χ0n) is 17.5. The van der Waals surface area contributed by atoms with Crippen molar-refractivity contribution in [1.29, 1.82) is 0 Å². The molecule has 0 fully saturated rings. The minimum Gasteiger partial charge on any atom is -0.383 e. The van der Waals surface area contributed by atoms with Gasteiger partial charge in [0.1, 0.15) is 34.3 Å². The van der Waals surface area contributed by atoms with Crippen molar-refractivity contribution in [3.8, 4) is 0 Å². The molecule has 0 spiro atoms. The fraction of sp³-hybridized carbons (Fsp3) is 0.143. The average molecular weight is 472 g/mol.